The van der Waals surface area contributed by atoms with Crippen molar-refractivity contribution in [2.45, 2.75) is 45.8 Å². The molecule has 1 rings (SSSR count). The Morgan fingerprint density at radius 2 is 1.94 bits per heavy atom. The highest BCUT2D eigenvalue weighted by Gasteiger charge is 2.15. The maximum Gasteiger partial charge on any atom is 0.0683 e. The molecule has 98 valence electrons. The monoisotopic (exact) mass is 261 g/mol. The molecule has 0 bridgehead atoms. The minimum absolute atomic E-state index is 0.152. The summed E-state index contributed by atoms with van der Waals surface area (Å²) in [7, 11) is 0. The standard InChI is InChI=1S/C16H23NS/c1-14-8-4-5-9-15(14)12-18-11-7-6-10-16(2,3)13-17/h4-5,8-9H,6-7,10-12H2,1-3H3. The van der Waals surface area contributed by atoms with Crippen LogP contribution >= 0.6 is 11.8 Å². The zero-order valence-corrected chi connectivity index (χ0v) is 12.5. The SMILES string of the molecule is Cc1ccccc1CSCCCCC(C)(C)C#N. The number of aryl methyl sites for hydroxylation is 1. The summed E-state index contributed by atoms with van der Waals surface area (Å²) in [6, 6.07) is 10.9. The number of hydrogen-bond donors (Lipinski definition) is 0. The summed E-state index contributed by atoms with van der Waals surface area (Å²) in [6.45, 7) is 6.21. The van der Waals surface area contributed by atoms with Crippen LogP contribution in [0.1, 0.15) is 44.2 Å². The molecule has 0 saturated heterocycles. The molecule has 0 aliphatic heterocycles. The minimum Gasteiger partial charge on any atom is -0.198 e. The van der Waals surface area contributed by atoms with Gasteiger partial charge in [0.15, 0.2) is 0 Å². The lowest BCUT2D eigenvalue weighted by Crippen LogP contribution is -2.07. The number of unbranched alkanes of at least 4 members (excludes halogenated alkanes) is 1. The van der Waals surface area contributed by atoms with Crippen LogP contribution in [0, 0.1) is 23.7 Å². The van der Waals surface area contributed by atoms with Crippen LogP contribution < -0.4 is 0 Å². The van der Waals surface area contributed by atoms with Crippen LogP contribution in [0.15, 0.2) is 24.3 Å². The van der Waals surface area contributed by atoms with E-state index in [4.69, 9.17) is 5.26 Å². The molecule has 0 spiro atoms. The van der Waals surface area contributed by atoms with E-state index in [1.165, 1.54) is 23.3 Å². The van der Waals surface area contributed by atoms with Crippen LogP contribution in [-0.2, 0) is 5.75 Å². The van der Waals surface area contributed by atoms with Crippen molar-refractivity contribution in [2.75, 3.05) is 5.75 Å². The van der Waals surface area contributed by atoms with Crippen molar-refractivity contribution in [2.24, 2.45) is 5.41 Å². The summed E-state index contributed by atoms with van der Waals surface area (Å²) in [5, 5.41) is 8.92. The molecule has 0 radical (unpaired) electrons. The number of nitriles is 1. The molecule has 0 N–H and O–H groups in total. The second-order valence-electron chi connectivity index (χ2n) is 5.43. The molecule has 0 aliphatic carbocycles. The maximum atomic E-state index is 8.92. The molecule has 1 aromatic carbocycles. The van der Waals surface area contributed by atoms with Crippen molar-refractivity contribution in [3.05, 3.63) is 35.4 Å². The molecule has 0 aliphatic rings. The van der Waals surface area contributed by atoms with E-state index in [2.05, 4.69) is 37.3 Å². The Morgan fingerprint density at radius 3 is 2.61 bits per heavy atom. The highest BCUT2D eigenvalue weighted by molar-refractivity contribution is 7.98. The molecule has 0 unspecified atom stereocenters. The average molecular weight is 261 g/mol. The van der Waals surface area contributed by atoms with E-state index in [-0.39, 0.29) is 5.41 Å². The van der Waals surface area contributed by atoms with E-state index >= 15 is 0 Å². The highest BCUT2D eigenvalue weighted by Crippen LogP contribution is 2.23. The number of thioether (sulfide) groups is 1. The lowest BCUT2D eigenvalue weighted by atomic mass is 9.89. The molecular weight excluding hydrogens is 238 g/mol. The number of rotatable bonds is 7. The summed E-state index contributed by atoms with van der Waals surface area (Å²) in [5.41, 5.74) is 2.68. The van der Waals surface area contributed by atoms with Crippen LogP contribution in [0.2, 0.25) is 0 Å². The number of nitrogens with zero attached hydrogens (tertiary/aromatic N) is 1. The molecule has 0 amide bonds. The van der Waals surface area contributed by atoms with Gasteiger partial charge in [-0.15, -0.1) is 0 Å². The fourth-order valence-corrected chi connectivity index (χ4v) is 2.88. The van der Waals surface area contributed by atoms with Crippen LogP contribution in [0.25, 0.3) is 0 Å². The van der Waals surface area contributed by atoms with Crippen LogP contribution in [-0.4, -0.2) is 5.75 Å². The van der Waals surface area contributed by atoms with Gasteiger partial charge in [0.25, 0.3) is 0 Å². The Morgan fingerprint density at radius 1 is 1.22 bits per heavy atom. The van der Waals surface area contributed by atoms with Crippen molar-refractivity contribution in [3.63, 3.8) is 0 Å². The Hall–Kier alpha value is -0.940. The zero-order chi connectivity index (χ0) is 13.4. The normalized spacial score (nSPS) is 11.2. The Balaban J connectivity index is 2.13. The van der Waals surface area contributed by atoms with Crippen molar-refractivity contribution >= 4 is 11.8 Å². The molecule has 1 nitrogen and oxygen atoms in total. The van der Waals surface area contributed by atoms with Gasteiger partial charge in [0, 0.05) is 5.75 Å². The minimum atomic E-state index is -0.152. The lowest BCUT2D eigenvalue weighted by molar-refractivity contribution is 0.433. The van der Waals surface area contributed by atoms with Crippen LogP contribution in [0.5, 0.6) is 0 Å². The number of hydrogen-bond acceptors (Lipinski definition) is 2. The third-order valence-corrected chi connectivity index (χ3v) is 4.25. The molecule has 0 heterocycles. The van der Waals surface area contributed by atoms with Gasteiger partial charge in [-0.1, -0.05) is 30.7 Å². The summed E-state index contributed by atoms with van der Waals surface area (Å²) in [5.74, 6) is 2.30. The predicted molar refractivity (Wildman–Crippen MR) is 80.6 cm³/mol. The summed E-state index contributed by atoms with van der Waals surface area (Å²) in [6.07, 6.45) is 3.37. The second kappa shape index (κ2) is 7.48. The molecule has 2 heteroatoms. The van der Waals surface area contributed by atoms with Crippen LogP contribution in [0.4, 0.5) is 0 Å². The van der Waals surface area contributed by atoms with Gasteiger partial charge in [0.05, 0.1) is 11.5 Å². The van der Waals surface area contributed by atoms with E-state index in [1.807, 2.05) is 25.6 Å². The first-order valence-corrected chi connectivity index (χ1v) is 7.74. The Labute approximate surface area is 116 Å². The molecule has 18 heavy (non-hydrogen) atoms. The Bertz CT molecular complexity index is 404. The Kier molecular flexibility index (Phi) is 6.29. The fourth-order valence-electron chi connectivity index (χ4n) is 1.78. The molecule has 0 saturated carbocycles. The van der Waals surface area contributed by atoms with E-state index in [0.29, 0.717) is 0 Å². The van der Waals surface area contributed by atoms with Crippen LogP contribution in [0.3, 0.4) is 0 Å². The average Bonchev–Trinajstić information content (AvgIpc) is 2.35. The van der Waals surface area contributed by atoms with Gasteiger partial charge in [-0.05, 0) is 50.5 Å². The van der Waals surface area contributed by atoms with E-state index in [0.717, 1.165) is 18.6 Å². The van der Waals surface area contributed by atoms with E-state index < -0.39 is 0 Å². The van der Waals surface area contributed by atoms with Crippen molar-refractivity contribution in [1.82, 2.24) is 0 Å². The van der Waals surface area contributed by atoms with Gasteiger partial charge < -0.3 is 0 Å². The fraction of sp³-hybridized carbons (Fsp3) is 0.562. The lowest BCUT2D eigenvalue weighted by Gasteiger charge is -2.14. The molecule has 0 aromatic heterocycles. The van der Waals surface area contributed by atoms with E-state index in [1.54, 1.807) is 0 Å². The highest BCUT2D eigenvalue weighted by atomic mass is 32.2. The first kappa shape index (κ1) is 15.1. The largest absolute Gasteiger partial charge is 0.198 e. The quantitative estimate of drug-likeness (QED) is 0.648. The first-order valence-electron chi connectivity index (χ1n) is 6.59. The van der Waals surface area contributed by atoms with Crippen molar-refractivity contribution < 1.29 is 0 Å². The molecule has 1 aromatic rings. The van der Waals surface area contributed by atoms with E-state index in [9.17, 15) is 0 Å². The maximum absolute atomic E-state index is 8.92. The molecule has 0 atom stereocenters. The first-order chi connectivity index (χ1) is 8.55. The third-order valence-electron chi connectivity index (χ3n) is 3.16. The number of benzene rings is 1. The summed E-state index contributed by atoms with van der Waals surface area (Å²) >= 11 is 2.00. The molecule has 0 fully saturated rings. The third kappa shape index (κ3) is 5.60. The van der Waals surface area contributed by atoms with Gasteiger partial charge in [0.2, 0.25) is 0 Å². The molecular formula is C16H23NS. The van der Waals surface area contributed by atoms with Crippen molar-refractivity contribution in [3.8, 4) is 6.07 Å². The van der Waals surface area contributed by atoms with Gasteiger partial charge in [-0.2, -0.15) is 17.0 Å². The summed E-state index contributed by atoms with van der Waals surface area (Å²) in [4.78, 5) is 0. The topological polar surface area (TPSA) is 23.8 Å². The van der Waals surface area contributed by atoms with Gasteiger partial charge in [-0.25, -0.2) is 0 Å². The van der Waals surface area contributed by atoms with Crippen molar-refractivity contribution in [1.29, 1.82) is 5.26 Å². The smallest absolute Gasteiger partial charge is 0.0683 e. The van der Waals surface area contributed by atoms with Gasteiger partial charge in [-0.3, -0.25) is 0 Å². The predicted octanol–water partition coefficient (Wildman–Crippen LogP) is 4.95. The second-order valence-corrected chi connectivity index (χ2v) is 6.54. The zero-order valence-electron chi connectivity index (χ0n) is 11.7. The van der Waals surface area contributed by atoms with Gasteiger partial charge >= 0.3 is 0 Å². The summed E-state index contributed by atoms with van der Waals surface area (Å²) < 4.78 is 0. The van der Waals surface area contributed by atoms with Gasteiger partial charge in [0.1, 0.15) is 0 Å².